The van der Waals surface area contributed by atoms with E-state index >= 15 is 0 Å². The molecule has 2 amide bonds. The lowest BCUT2D eigenvalue weighted by Gasteiger charge is -2.35. The van der Waals surface area contributed by atoms with Gasteiger partial charge in [-0.05, 0) is 45.7 Å². The van der Waals surface area contributed by atoms with Crippen molar-refractivity contribution in [3.8, 4) is 0 Å². The van der Waals surface area contributed by atoms with Crippen LogP contribution in [0.15, 0.2) is 18.3 Å². The number of nitrogens with zero attached hydrogens (tertiary/aromatic N) is 1. The van der Waals surface area contributed by atoms with E-state index in [4.69, 9.17) is 16.3 Å². The Balaban J connectivity index is 2.75. The summed E-state index contributed by atoms with van der Waals surface area (Å²) in [6.07, 6.45) is 0.900. The Hall–Kier alpha value is -1.82. The predicted molar refractivity (Wildman–Crippen MR) is 94.2 cm³/mol. The molecule has 0 aliphatic rings. The Morgan fingerprint density at radius 1 is 1.25 bits per heavy atom. The van der Waals surface area contributed by atoms with Crippen LogP contribution in [0.3, 0.4) is 0 Å². The van der Waals surface area contributed by atoms with Crippen molar-refractivity contribution in [2.75, 3.05) is 6.54 Å². The summed E-state index contributed by atoms with van der Waals surface area (Å²) in [5.74, 6) is -0.196. The summed E-state index contributed by atoms with van der Waals surface area (Å²) in [5, 5.41) is 5.99. The molecule has 1 aromatic heterocycles. The summed E-state index contributed by atoms with van der Waals surface area (Å²) in [6.45, 7) is 11.4. The van der Waals surface area contributed by atoms with Crippen LogP contribution in [0.5, 0.6) is 0 Å². The van der Waals surface area contributed by atoms with Crippen LogP contribution in [0, 0.1) is 5.92 Å². The highest BCUT2D eigenvalue weighted by atomic mass is 35.5. The van der Waals surface area contributed by atoms with E-state index in [2.05, 4.69) is 15.6 Å². The van der Waals surface area contributed by atoms with E-state index in [-0.39, 0.29) is 18.4 Å². The third-order valence-corrected chi connectivity index (χ3v) is 3.89. The van der Waals surface area contributed by atoms with Crippen molar-refractivity contribution in [3.63, 3.8) is 0 Å². The Morgan fingerprint density at radius 3 is 2.33 bits per heavy atom. The van der Waals surface area contributed by atoms with Gasteiger partial charge in [-0.3, -0.25) is 4.79 Å². The third-order valence-electron chi connectivity index (χ3n) is 3.66. The number of alkyl carbamates (subject to hydrolysis) is 1. The Labute approximate surface area is 148 Å². The van der Waals surface area contributed by atoms with Crippen LogP contribution in [0.2, 0.25) is 5.15 Å². The molecule has 0 bridgehead atoms. The largest absolute Gasteiger partial charge is 0.444 e. The van der Waals surface area contributed by atoms with Crippen molar-refractivity contribution in [1.29, 1.82) is 0 Å². The molecule has 24 heavy (non-hydrogen) atoms. The first-order valence-electron chi connectivity index (χ1n) is 7.84. The van der Waals surface area contributed by atoms with Crippen molar-refractivity contribution in [1.82, 2.24) is 15.6 Å². The van der Waals surface area contributed by atoms with Gasteiger partial charge >= 0.3 is 6.09 Å². The molecule has 0 saturated heterocycles. The summed E-state index contributed by atoms with van der Waals surface area (Å²) >= 11 is 5.73. The molecule has 0 aliphatic carbocycles. The molecule has 1 aromatic rings. The van der Waals surface area contributed by atoms with Gasteiger partial charge in [0.15, 0.2) is 0 Å². The number of rotatable bonds is 5. The van der Waals surface area contributed by atoms with Crippen LogP contribution >= 0.6 is 11.6 Å². The minimum Gasteiger partial charge on any atom is -0.444 e. The summed E-state index contributed by atoms with van der Waals surface area (Å²) in [4.78, 5) is 28.2. The van der Waals surface area contributed by atoms with Crippen LogP contribution in [0.4, 0.5) is 4.79 Å². The summed E-state index contributed by atoms with van der Waals surface area (Å²) in [7, 11) is 0. The molecule has 134 valence electrons. The fraction of sp³-hybridized carbons (Fsp3) is 0.588. The van der Waals surface area contributed by atoms with E-state index in [9.17, 15) is 9.59 Å². The number of carbonyl (C=O) groups excluding carboxylic acids is 2. The second-order valence-corrected chi connectivity index (χ2v) is 7.64. The number of hydrogen-bond donors (Lipinski definition) is 2. The lowest BCUT2D eigenvalue weighted by atomic mass is 9.88. The Kier molecular flexibility index (Phi) is 6.60. The molecular formula is C17H26ClN3O3. The predicted octanol–water partition coefficient (Wildman–Crippen LogP) is 3.40. The molecule has 0 aliphatic heterocycles. The molecule has 6 nitrogen and oxygen atoms in total. The number of pyridine rings is 1. The molecule has 1 unspecified atom stereocenters. The zero-order valence-electron chi connectivity index (χ0n) is 15.1. The van der Waals surface area contributed by atoms with E-state index in [0.717, 1.165) is 0 Å². The standard InChI is InChI=1S/C17H26ClN3O3/c1-11(2)17(6,10-20-15(23)24-16(3,4)5)21-14(22)12-7-8-13(18)19-9-12/h7-9,11H,10H2,1-6H3,(H,20,23)(H,21,22). The van der Waals surface area contributed by atoms with E-state index in [0.29, 0.717) is 10.7 Å². The molecular weight excluding hydrogens is 330 g/mol. The Morgan fingerprint density at radius 2 is 1.88 bits per heavy atom. The number of nitrogens with one attached hydrogen (secondary N) is 2. The number of carbonyl (C=O) groups is 2. The molecule has 0 spiro atoms. The van der Waals surface area contributed by atoms with Gasteiger partial charge < -0.3 is 15.4 Å². The highest BCUT2D eigenvalue weighted by molar-refractivity contribution is 6.29. The molecule has 7 heteroatoms. The number of aromatic nitrogens is 1. The van der Waals surface area contributed by atoms with Crippen LogP contribution < -0.4 is 10.6 Å². The normalized spacial score (nSPS) is 14.0. The van der Waals surface area contributed by atoms with Gasteiger partial charge in [-0.1, -0.05) is 25.4 Å². The van der Waals surface area contributed by atoms with E-state index in [1.807, 2.05) is 20.8 Å². The lowest BCUT2D eigenvalue weighted by Crippen LogP contribution is -2.57. The minimum atomic E-state index is -0.645. The van der Waals surface area contributed by atoms with Gasteiger partial charge in [-0.25, -0.2) is 9.78 Å². The second kappa shape index (κ2) is 7.83. The van der Waals surface area contributed by atoms with Crippen molar-refractivity contribution in [2.24, 2.45) is 5.92 Å². The number of hydrogen-bond acceptors (Lipinski definition) is 4. The van der Waals surface area contributed by atoms with Gasteiger partial charge in [0, 0.05) is 12.7 Å². The first-order valence-corrected chi connectivity index (χ1v) is 8.22. The molecule has 0 aromatic carbocycles. The van der Waals surface area contributed by atoms with E-state index in [1.54, 1.807) is 32.9 Å². The molecule has 1 heterocycles. The average molecular weight is 356 g/mol. The minimum absolute atomic E-state index is 0.0802. The number of halogens is 1. The van der Waals surface area contributed by atoms with Gasteiger partial charge in [0.2, 0.25) is 0 Å². The van der Waals surface area contributed by atoms with Gasteiger partial charge in [-0.2, -0.15) is 0 Å². The van der Waals surface area contributed by atoms with Gasteiger partial charge in [0.05, 0.1) is 11.1 Å². The molecule has 0 radical (unpaired) electrons. The lowest BCUT2D eigenvalue weighted by molar-refractivity contribution is 0.0497. The third kappa shape index (κ3) is 6.35. The first-order chi connectivity index (χ1) is 10.9. The van der Waals surface area contributed by atoms with Crippen LogP contribution in [0.1, 0.15) is 51.9 Å². The van der Waals surface area contributed by atoms with Crippen LogP contribution in [0.25, 0.3) is 0 Å². The van der Waals surface area contributed by atoms with Crippen molar-refractivity contribution in [3.05, 3.63) is 29.0 Å². The van der Waals surface area contributed by atoms with Gasteiger partial charge in [0.25, 0.3) is 5.91 Å². The molecule has 1 atom stereocenters. The summed E-state index contributed by atoms with van der Waals surface area (Å²) < 4.78 is 5.23. The highest BCUT2D eigenvalue weighted by Crippen LogP contribution is 2.17. The maximum atomic E-state index is 12.4. The zero-order valence-corrected chi connectivity index (χ0v) is 15.8. The van der Waals surface area contributed by atoms with Gasteiger partial charge in [0.1, 0.15) is 10.8 Å². The summed E-state index contributed by atoms with van der Waals surface area (Å²) in [6, 6.07) is 3.16. The first kappa shape index (κ1) is 20.2. The smallest absolute Gasteiger partial charge is 0.407 e. The van der Waals surface area contributed by atoms with Gasteiger partial charge in [-0.15, -0.1) is 0 Å². The van der Waals surface area contributed by atoms with Crippen molar-refractivity contribution >= 4 is 23.6 Å². The Bertz CT molecular complexity index is 582. The van der Waals surface area contributed by atoms with E-state index in [1.165, 1.54) is 6.20 Å². The topological polar surface area (TPSA) is 80.3 Å². The summed E-state index contributed by atoms with van der Waals surface area (Å²) in [5.41, 5.74) is -0.812. The number of ether oxygens (including phenoxy) is 1. The van der Waals surface area contributed by atoms with Crippen molar-refractivity contribution < 1.29 is 14.3 Å². The maximum Gasteiger partial charge on any atom is 0.407 e. The fourth-order valence-corrected chi connectivity index (χ4v) is 1.92. The zero-order chi connectivity index (χ0) is 18.5. The highest BCUT2D eigenvalue weighted by Gasteiger charge is 2.32. The van der Waals surface area contributed by atoms with Crippen molar-refractivity contribution in [2.45, 2.75) is 52.7 Å². The van der Waals surface area contributed by atoms with Crippen LogP contribution in [-0.2, 0) is 4.74 Å². The SMILES string of the molecule is CC(C)C(C)(CNC(=O)OC(C)(C)C)NC(=O)c1ccc(Cl)nc1. The maximum absolute atomic E-state index is 12.4. The molecule has 1 rings (SSSR count). The monoisotopic (exact) mass is 355 g/mol. The molecule has 0 saturated carbocycles. The number of amides is 2. The molecule has 2 N–H and O–H groups in total. The quantitative estimate of drug-likeness (QED) is 0.793. The average Bonchev–Trinajstić information content (AvgIpc) is 2.44. The molecule has 0 fully saturated rings. The second-order valence-electron chi connectivity index (χ2n) is 7.25. The fourth-order valence-electron chi connectivity index (χ4n) is 1.80. The van der Waals surface area contributed by atoms with E-state index < -0.39 is 17.2 Å². The van der Waals surface area contributed by atoms with Crippen LogP contribution in [-0.4, -0.2) is 34.7 Å².